The highest BCUT2D eigenvalue weighted by molar-refractivity contribution is 7.09. The average molecular weight is 236 g/mol. The number of methoxy groups -OCH3 is 1. The summed E-state index contributed by atoms with van der Waals surface area (Å²) in [5.74, 6) is 1.07. The van der Waals surface area contributed by atoms with E-state index in [4.69, 9.17) is 10.5 Å². The molecule has 2 heterocycles. The van der Waals surface area contributed by atoms with E-state index in [1.165, 1.54) is 0 Å². The lowest BCUT2D eigenvalue weighted by atomic mass is 10.3. The van der Waals surface area contributed by atoms with Crippen LogP contribution >= 0.6 is 11.3 Å². The van der Waals surface area contributed by atoms with Gasteiger partial charge in [0.1, 0.15) is 12.4 Å². The van der Waals surface area contributed by atoms with Crippen LogP contribution in [0.4, 0.5) is 5.82 Å². The number of ether oxygens (including phenoxy) is 1. The van der Waals surface area contributed by atoms with Crippen molar-refractivity contribution in [2.75, 3.05) is 12.8 Å². The van der Waals surface area contributed by atoms with Gasteiger partial charge < -0.3 is 10.5 Å². The number of hydrogen-bond acceptors (Lipinski definition) is 6. The van der Waals surface area contributed by atoms with E-state index in [9.17, 15) is 0 Å². The third kappa shape index (κ3) is 2.74. The number of rotatable bonds is 4. The predicted octanol–water partition coefficient (Wildman–Crippen LogP) is 1.25. The van der Waals surface area contributed by atoms with Crippen molar-refractivity contribution in [3.63, 3.8) is 0 Å². The van der Waals surface area contributed by atoms with Gasteiger partial charge >= 0.3 is 0 Å². The largest absolute Gasteiger partial charge is 0.384 e. The standard InChI is InChI=1S/C10H12N4OS/c1-15-6-9-13-7(4-8(11)14-9)5-10-12-2-3-16-10/h2-4H,5-6H2,1H3,(H2,11,13,14). The van der Waals surface area contributed by atoms with Crippen LogP contribution in [0.2, 0.25) is 0 Å². The molecule has 16 heavy (non-hydrogen) atoms. The Morgan fingerprint density at radius 3 is 3.00 bits per heavy atom. The van der Waals surface area contributed by atoms with E-state index in [1.54, 1.807) is 30.7 Å². The van der Waals surface area contributed by atoms with E-state index < -0.39 is 0 Å². The van der Waals surface area contributed by atoms with Crippen molar-refractivity contribution < 1.29 is 4.74 Å². The Kier molecular flexibility index (Phi) is 3.43. The molecule has 0 spiro atoms. The number of aromatic nitrogens is 3. The van der Waals surface area contributed by atoms with Crippen LogP contribution in [0.5, 0.6) is 0 Å². The minimum atomic E-state index is 0.371. The molecule has 0 aliphatic rings. The van der Waals surface area contributed by atoms with Gasteiger partial charge in [-0.15, -0.1) is 11.3 Å². The SMILES string of the molecule is COCc1nc(N)cc(Cc2nccs2)n1. The van der Waals surface area contributed by atoms with Crippen LogP contribution < -0.4 is 5.73 Å². The van der Waals surface area contributed by atoms with Crippen LogP contribution in [0.15, 0.2) is 17.6 Å². The van der Waals surface area contributed by atoms with Gasteiger partial charge in [-0.1, -0.05) is 0 Å². The summed E-state index contributed by atoms with van der Waals surface area (Å²) in [5, 5.41) is 2.96. The highest BCUT2D eigenvalue weighted by atomic mass is 32.1. The molecule has 0 amide bonds. The molecular formula is C10H12N4OS. The molecule has 5 nitrogen and oxygen atoms in total. The molecule has 84 valence electrons. The minimum absolute atomic E-state index is 0.371. The van der Waals surface area contributed by atoms with Gasteiger partial charge in [0.05, 0.1) is 10.7 Å². The molecule has 0 aliphatic heterocycles. The molecule has 6 heteroatoms. The molecule has 0 radical (unpaired) electrons. The molecular weight excluding hydrogens is 224 g/mol. The van der Waals surface area contributed by atoms with Crippen molar-refractivity contribution in [1.29, 1.82) is 0 Å². The van der Waals surface area contributed by atoms with Gasteiger partial charge in [0.25, 0.3) is 0 Å². The monoisotopic (exact) mass is 236 g/mol. The summed E-state index contributed by atoms with van der Waals surface area (Å²) in [4.78, 5) is 12.6. The van der Waals surface area contributed by atoms with Gasteiger partial charge in [-0.25, -0.2) is 15.0 Å². The second kappa shape index (κ2) is 5.00. The van der Waals surface area contributed by atoms with Gasteiger partial charge in [-0.2, -0.15) is 0 Å². The van der Waals surface area contributed by atoms with Gasteiger partial charge in [-0.3, -0.25) is 0 Å². The zero-order valence-electron chi connectivity index (χ0n) is 8.88. The maximum atomic E-state index is 5.69. The van der Waals surface area contributed by atoms with Crippen LogP contribution in [0.25, 0.3) is 0 Å². The Morgan fingerprint density at radius 1 is 1.44 bits per heavy atom. The number of nitrogens with zero attached hydrogens (tertiary/aromatic N) is 3. The Balaban J connectivity index is 2.20. The Bertz CT molecular complexity index is 458. The molecule has 2 N–H and O–H groups in total. The van der Waals surface area contributed by atoms with E-state index in [-0.39, 0.29) is 0 Å². The number of thiazole rings is 1. The van der Waals surface area contributed by atoms with Crippen molar-refractivity contribution in [2.24, 2.45) is 0 Å². The summed E-state index contributed by atoms with van der Waals surface area (Å²) in [7, 11) is 1.60. The number of nitrogen functional groups attached to an aromatic ring is 1. The fraction of sp³-hybridized carbons (Fsp3) is 0.300. The lowest BCUT2D eigenvalue weighted by Crippen LogP contribution is -2.04. The zero-order chi connectivity index (χ0) is 11.4. The summed E-state index contributed by atoms with van der Waals surface area (Å²) < 4.78 is 4.98. The van der Waals surface area contributed by atoms with Crippen molar-refractivity contribution >= 4 is 17.2 Å². The van der Waals surface area contributed by atoms with Gasteiger partial charge in [-0.05, 0) is 0 Å². The number of anilines is 1. The first-order valence-electron chi connectivity index (χ1n) is 4.77. The molecule has 2 rings (SSSR count). The number of nitrogens with two attached hydrogens (primary N) is 1. The van der Waals surface area contributed by atoms with Crippen LogP contribution in [0, 0.1) is 0 Å². The lowest BCUT2D eigenvalue weighted by Gasteiger charge is -2.03. The first-order valence-corrected chi connectivity index (χ1v) is 5.65. The topological polar surface area (TPSA) is 73.9 Å². The summed E-state index contributed by atoms with van der Waals surface area (Å²) in [6, 6.07) is 1.76. The normalized spacial score (nSPS) is 10.6. The second-order valence-electron chi connectivity index (χ2n) is 3.24. The molecule has 0 fully saturated rings. The van der Waals surface area contributed by atoms with E-state index in [0.29, 0.717) is 24.7 Å². The lowest BCUT2D eigenvalue weighted by molar-refractivity contribution is 0.177. The Hall–Kier alpha value is -1.53. The van der Waals surface area contributed by atoms with Crippen molar-refractivity contribution in [1.82, 2.24) is 15.0 Å². The Morgan fingerprint density at radius 2 is 2.31 bits per heavy atom. The Labute approximate surface area is 97.3 Å². The fourth-order valence-electron chi connectivity index (χ4n) is 1.35. The smallest absolute Gasteiger partial charge is 0.156 e. The maximum Gasteiger partial charge on any atom is 0.156 e. The van der Waals surface area contributed by atoms with Gasteiger partial charge in [0.15, 0.2) is 5.82 Å². The molecule has 0 aliphatic carbocycles. The molecule has 2 aromatic rings. The average Bonchev–Trinajstić information content (AvgIpc) is 2.70. The van der Waals surface area contributed by atoms with Crippen molar-refractivity contribution in [2.45, 2.75) is 13.0 Å². The quantitative estimate of drug-likeness (QED) is 0.864. The summed E-state index contributed by atoms with van der Waals surface area (Å²) >= 11 is 1.60. The fourth-order valence-corrected chi connectivity index (χ4v) is 1.99. The van der Waals surface area contributed by atoms with Crippen molar-refractivity contribution in [3.8, 4) is 0 Å². The third-order valence-corrected chi connectivity index (χ3v) is 2.71. The van der Waals surface area contributed by atoms with E-state index >= 15 is 0 Å². The summed E-state index contributed by atoms with van der Waals surface area (Å²) in [6.45, 7) is 0.371. The number of hydrogen-bond donors (Lipinski definition) is 1. The summed E-state index contributed by atoms with van der Waals surface area (Å²) in [5.41, 5.74) is 6.56. The molecule has 0 aromatic carbocycles. The first kappa shape index (κ1) is 11.0. The first-order chi connectivity index (χ1) is 7.78. The minimum Gasteiger partial charge on any atom is -0.384 e. The molecule has 2 aromatic heterocycles. The van der Waals surface area contributed by atoms with Crippen LogP contribution in [0.3, 0.4) is 0 Å². The summed E-state index contributed by atoms with van der Waals surface area (Å²) in [6.07, 6.45) is 2.46. The van der Waals surface area contributed by atoms with Crippen LogP contribution in [-0.2, 0) is 17.8 Å². The second-order valence-corrected chi connectivity index (χ2v) is 4.22. The van der Waals surface area contributed by atoms with Gasteiger partial charge in [0, 0.05) is 31.2 Å². The maximum absolute atomic E-state index is 5.69. The van der Waals surface area contributed by atoms with Crippen LogP contribution in [0.1, 0.15) is 16.5 Å². The zero-order valence-corrected chi connectivity index (χ0v) is 9.70. The van der Waals surface area contributed by atoms with Gasteiger partial charge in [0.2, 0.25) is 0 Å². The molecule has 0 saturated heterocycles. The predicted molar refractivity (Wildman–Crippen MR) is 62.1 cm³/mol. The highest BCUT2D eigenvalue weighted by Crippen LogP contribution is 2.12. The molecule has 0 atom stereocenters. The van der Waals surface area contributed by atoms with E-state index in [0.717, 1.165) is 10.7 Å². The highest BCUT2D eigenvalue weighted by Gasteiger charge is 2.05. The molecule has 0 saturated carbocycles. The van der Waals surface area contributed by atoms with E-state index in [2.05, 4.69) is 15.0 Å². The van der Waals surface area contributed by atoms with Crippen LogP contribution in [-0.4, -0.2) is 22.1 Å². The molecule has 0 unspecified atom stereocenters. The molecule has 0 bridgehead atoms. The third-order valence-electron chi connectivity index (χ3n) is 1.93. The van der Waals surface area contributed by atoms with Crippen molar-refractivity contribution in [3.05, 3.63) is 34.2 Å². The van der Waals surface area contributed by atoms with E-state index in [1.807, 2.05) is 5.38 Å².